The molecule has 0 aromatic carbocycles. The summed E-state index contributed by atoms with van der Waals surface area (Å²) >= 11 is 0. The van der Waals surface area contributed by atoms with Gasteiger partial charge in [0.2, 0.25) is 0 Å². The lowest BCUT2D eigenvalue weighted by atomic mass is 10.0. The zero-order valence-electron chi connectivity index (χ0n) is 41.3. The van der Waals surface area contributed by atoms with Gasteiger partial charge in [-0.1, -0.05) is 258 Å². The fraction of sp³-hybridized carbons (Fsp3) is 0.962. The number of ether oxygens (including phenoxy) is 2. The van der Waals surface area contributed by atoms with Crippen molar-refractivity contribution < 1.29 is 47.8 Å². The van der Waals surface area contributed by atoms with Gasteiger partial charge < -0.3 is 24.6 Å². The molecule has 0 fully saturated rings. The first-order valence-corrected chi connectivity index (χ1v) is 28.5. The fourth-order valence-electron chi connectivity index (χ4n) is 8.18. The van der Waals surface area contributed by atoms with E-state index in [0.717, 1.165) is 38.5 Å². The third kappa shape index (κ3) is 47.3. The molecular formula is C52H103O10P. The summed E-state index contributed by atoms with van der Waals surface area (Å²) < 4.78 is 32.8. The molecule has 2 atom stereocenters. The summed E-state index contributed by atoms with van der Waals surface area (Å²) in [5, 5.41) is 19.3. The molecule has 0 aromatic heterocycles. The van der Waals surface area contributed by atoms with Crippen LogP contribution >= 0.6 is 7.82 Å². The minimum absolute atomic E-state index is 0.200. The number of aliphatic hydroxyl groups is 2. The van der Waals surface area contributed by atoms with Crippen LogP contribution in [0.3, 0.4) is 0 Å². The molecule has 0 aliphatic heterocycles. The molecule has 0 rings (SSSR count). The second-order valence-electron chi connectivity index (χ2n) is 18.6. The number of unbranched alkanes of at least 4 members (excludes halogenated alkanes) is 38. The summed E-state index contributed by atoms with van der Waals surface area (Å²) in [5.41, 5.74) is 0. The summed E-state index contributed by atoms with van der Waals surface area (Å²) in [6, 6.07) is 0. The van der Waals surface area contributed by atoms with Crippen molar-refractivity contribution >= 4 is 19.8 Å². The quantitative estimate of drug-likeness (QED) is 0.0306. The zero-order chi connectivity index (χ0) is 46.2. The summed E-state index contributed by atoms with van der Waals surface area (Å²) in [4.78, 5) is 34.7. The average molecular weight is 919 g/mol. The molecule has 0 aliphatic rings. The Bertz CT molecular complexity index is 939. The lowest BCUT2D eigenvalue weighted by Crippen LogP contribution is -2.28. The molecule has 0 aromatic rings. The van der Waals surface area contributed by atoms with Gasteiger partial charge in [-0.15, -0.1) is 0 Å². The Balaban J connectivity index is 3.76. The van der Waals surface area contributed by atoms with Crippen molar-refractivity contribution in [2.45, 2.75) is 296 Å². The average Bonchev–Trinajstić information content (AvgIpc) is 3.27. The van der Waals surface area contributed by atoms with Gasteiger partial charge in [0, 0.05) is 12.8 Å². The summed E-state index contributed by atoms with van der Waals surface area (Å²) in [6.07, 6.45) is 49.4. The Morgan fingerprint density at radius 3 is 0.746 bits per heavy atom. The highest BCUT2D eigenvalue weighted by Crippen LogP contribution is 2.43. The normalized spacial score (nSPS) is 13.5. The molecule has 63 heavy (non-hydrogen) atoms. The number of esters is 2. The first-order valence-electron chi connectivity index (χ1n) is 27.0. The molecule has 0 spiro atoms. The Labute approximate surface area is 388 Å². The van der Waals surface area contributed by atoms with Crippen LogP contribution in [-0.4, -0.2) is 65.7 Å². The first-order chi connectivity index (χ1) is 30.8. The first kappa shape index (κ1) is 62.0. The van der Waals surface area contributed by atoms with Crippen LogP contribution in [0.2, 0.25) is 0 Å². The molecular weight excluding hydrogens is 816 g/mol. The minimum Gasteiger partial charge on any atom is -0.457 e. The predicted molar refractivity (Wildman–Crippen MR) is 261 cm³/mol. The van der Waals surface area contributed by atoms with Crippen molar-refractivity contribution in [3.8, 4) is 0 Å². The van der Waals surface area contributed by atoms with Crippen LogP contribution in [0.25, 0.3) is 0 Å². The third-order valence-electron chi connectivity index (χ3n) is 12.3. The molecule has 10 nitrogen and oxygen atoms in total. The fourth-order valence-corrected chi connectivity index (χ4v) is 8.96. The maximum Gasteiger partial charge on any atom is 0.472 e. The van der Waals surface area contributed by atoms with E-state index in [4.69, 9.17) is 18.5 Å². The molecule has 0 radical (unpaired) electrons. The maximum absolute atomic E-state index is 12.4. The molecule has 0 bridgehead atoms. The second-order valence-corrected chi connectivity index (χ2v) is 20.0. The van der Waals surface area contributed by atoms with Crippen molar-refractivity contribution in [1.29, 1.82) is 0 Å². The number of aliphatic hydroxyl groups excluding tert-OH is 2. The summed E-state index contributed by atoms with van der Waals surface area (Å²) in [7, 11) is -4.64. The van der Waals surface area contributed by atoms with Crippen LogP contribution < -0.4 is 0 Å². The largest absolute Gasteiger partial charge is 0.472 e. The van der Waals surface area contributed by atoms with E-state index in [1.54, 1.807) is 0 Å². The van der Waals surface area contributed by atoms with E-state index in [0.29, 0.717) is 12.8 Å². The van der Waals surface area contributed by atoms with Crippen LogP contribution in [0.5, 0.6) is 0 Å². The molecule has 0 aliphatic carbocycles. The number of phosphoric ester groups is 1. The minimum atomic E-state index is -4.64. The highest BCUT2D eigenvalue weighted by atomic mass is 31.2. The van der Waals surface area contributed by atoms with Gasteiger partial charge >= 0.3 is 19.8 Å². The third-order valence-corrected chi connectivity index (χ3v) is 13.3. The van der Waals surface area contributed by atoms with E-state index in [9.17, 15) is 29.3 Å². The molecule has 0 amide bonds. The van der Waals surface area contributed by atoms with E-state index < -0.39 is 58.4 Å². The number of phosphoric acid groups is 1. The molecule has 0 heterocycles. The van der Waals surface area contributed by atoms with Gasteiger partial charge in [-0.25, -0.2) is 4.57 Å². The second kappa shape index (κ2) is 48.9. The van der Waals surface area contributed by atoms with Gasteiger partial charge in [0.1, 0.15) is 12.2 Å². The van der Waals surface area contributed by atoms with Gasteiger partial charge in [-0.05, 0) is 12.8 Å². The Morgan fingerprint density at radius 2 is 0.556 bits per heavy atom. The predicted octanol–water partition coefficient (Wildman–Crippen LogP) is 15.4. The number of carbonyl (C=O) groups is 2. The van der Waals surface area contributed by atoms with Gasteiger partial charge in [0.15, 0.2) is 0 Å². The van der Waals surface area contributed by atoms with Gasteiger partial charge in [-0.2, -0.15) is 0 Å². The van der Waals surface area contributed by atoms with Crippen molar-refractivity contribution in [1.82, 2.24) is 0 Å². The molecule has 0 saturated heterocycles. The lowest BCUT2D eigenvalue weighted by Gasteiger charge is -2.20. The molecule has 376 valence electrons. The maximum atomic E-state index is 12.4. The van der Waals surface area contributed by atoms with E-state index >= 15 is 0 Å². The lowest BCUT2D eigenvalue weighted by molar-refractivity contribution is -0.153. The smallest absolute Gasteiger partial charge is 0.457 e. The van der Waals surface area contributed by atoms with Crippen molar-refractivity contribution in [3.63, 3.8) is 0 Å². The Kier molecular flexibility index (Phi) is 48.1. The Hall–Kier alpha value is -1.03. The highest BCUT2D eigenvalue weighted by molar-refractivity contribution is 7.47. The van der Waals surface area contributed by atoms with Crippen LogP contribution in [0.15, 0.2) is 0 Å². The molecule has 2 unspecified atom stereocenters. The SMILES string of the molecule is CCCCCCCCCCCCCCCCCCCCCCC(=O)OC(CO)COP(=O)(O)OCC(CO)OC(=O)CCCCCCCCCCCCCCCCCCCCCC. The van der Waals surface area contributed by atoms with E-state index in [2.05, 4.69) is 13.8 Å². The summed E-state index contributed by atoms with van der Waals surface area (Å²) in [5.74, 6) is -0.998. The molecule has 3 N–H and O–H groups in total. The standard InChI is InChI=1S/C52H103O10P/c1-3-5-7-9-11-13-15-17-19-21-23-25-27-29-31-33-35-37-39-41-43-51(55)61-49(45-53)47-59-63(57,58)60-48-50(46-54)62-52(56)44-42-40-38-36-34-32-30-28-26-24-22-20-18-16-14-12-10-8-6-4-2/h49-50,53-54H,3-48H2,1-2H3,(H,57,58). The van der Waals surface area contributed by atoms with E-state index in [1.807, 2.05) is 0 Å². The molecule has 11 heteroatoms. The number of hydrogen-bond acceptors (Lipinski definition) is 9. The monoisotopic (exact) mass is 919 g/mol. The summed E-state index contributed by atoms with van der Waals surface area (Å²) in [6.45, 7) is 2.29. The number of carbonyl (C=O) groups excluding carboxylic acids is 2. The van der Waals surface area contributed by atoms with Crippen LogP contribution in [0, 0.1) is 0 Å². The van der Waals surface area contributed by atoms with Crippen LogP contribution in [0.1, 0.15) is 284 Å². The molecule has 0 saturated carbocycles. The zero-order valence-corrected chi connectivity index (χ0v) is 42.2. The van der Waals surface area contributed by atoms with Gasteiger partial charge in [0.25, 0.3) is 0 Å². The van der Waals surface area contributed by atoms with Gasteiger partial charge in [-0.3, -0.25) is 18.6 Å². The Morgan fingerprint density at radius 1 is 0.365 bits per heavy atom. The van der Waals surface area contributed by atoms with E-state index in [1.165, 1.54) is 205 Å². The van der Waals surface area contributed by atoms with Crippen molar-refractivity contribution in [2.24, 2.45) is 0 Å². The van der Waals surface area contributed by atoms with Crippen LogP contribution in [0.4, 0.5) is 0 Å². The van der Waals surface area contributed by atoms with Gasteiger partial charge in [0.05, 0.1) is 26.4 Å². The van der Waals surface area contributed by atoms with Crippen molar-refractivity contribution in [3.05, 3.63) is 0 Å². The number of rotatable bonds is 52. The topological polar surface area (TPSA) is 149 Å². The van der Waals surface area contributed by atoms with Crippen molar-refractivity contribution in [2.75, 3.05) is 26.4 Å². The highest BCUT2D eigenvalue weighted by Gasteiger charge is 2.27. The van der Waals surface area contributed by atoms with E-state index in [-0.39, 0.29) is 12.8 Å². The van der Waals surface area contributed by atoms with Crippen LogP contribution in [-0.2, 0) is 32.7 Å². The number of hydrogen-bond donors (Lipinski definition) is 3.